The number of nitrogens with zero attached hydrogens (tertiary/aromatic N) is 1. The maximum Gasteiger partial charge on any atom is 0.407 e. The Morgan fingerprint density at radius 1 is 1.42 bits per heavy atom. The summed E-state index contributed by atoms with van der Waals surface area (Å²) in [4.78, 5) is 12.0. The van der Waals surface area contributed by atoms with Crippen LogP contribution in [0.5, 0.6) is 0 Å². The van der Waals surface area contributed by atoms with Crippen molar-refractivity contribution < 1.29 is 9.53 Å². The highest BCUT2D eigenvalue weighted by atomic mass is 16.6. The van der Waals surface area contributed by atoms with Crippen LogP contribution in [0.4, 0.5) is 4.79 Å². The summed E-state index contributed by atoms with van der Waals surface area (Å²) in [6, 6.07) is 9.90. The smallest absolute Gasteiger partial charge is 0.407 e. The number of amides is 1. The van der Waals surface area contributed by atoms with Crippen molar-refractivity contribution in [3.8, 4) is 6.07 Å². The second-order valence-corrected chi connectivity index (χ2v) is 7.31. The molecule has 1 saturated heterocycles. The van der Waals surface area contributed by atoms with Crippen molar-refractivity contribution in [3.05, 3.63) is 35.4 Å². The molecule has 2 N–H and O–H groups in total. The molecule has 1 heterocycles. The normalized spacial score (nSPS) is 16.9. The summed E-state index contributed by atoms with van der Waals surface area (Å²) in [6.45, 7) is 8.07. The summed E-state index contributed by atoms with van der Waals surface area (Å²) in [5.74, 6) is 0.669. The predicted molar refractivity (Wildman–Crippen MR) is 93.7 cm³/mol. The van der Waals surface area contributed by atoms with Gasteiger partial charge in [-0.25, -0.2) is 4.79 Å². The van der Waals surface area contributed by atoms with Gasteiger partial charge in [-0.05, 0) is 70.3 Å². The molecule has 5 heteroatoms. The fourth-order valence-corrected chi connectivity index (χ4v) is 3.15. The molecular weight excluding hydrogens is 302 g/mol. The van der Waals surface area contributed by atoms with Gasteiger partial charge in [-0.15, -0.1) is 0 Å². The third-order valence-corrected chi connectivity index (χ3v) is 4.26. The molecule has 1 aliphatic rings. The van der Waals surface area contributed by atoms with Crippen molar-refractivity contribution in [2.24, 2.45) is 5.92 Å². The highest BCUT2D eigenvalue weighted by molar-refractivity contribution is 5.67. The topological polar surface area (TPSA) is 74.1 Å². The van der Waals surface area contributed by atoms with Gasteiger partial charge in [0.05, 0.1) is 11.6 Å². The molecule has 2 rings (SSSR count). The van der Waals surface area contributed by atoms with Crippen LogP contribution in [0.3, 0.4) is 0 Å². The first kappa shape index (κ1) is 18.3. The Hall–Kier alpha value is -2.06. The van der Waals surface area contributed by atoms with Crippen molar-refractivity contribution in [2.45, 2.75) is 45.1 Å². The summed E-state index contributed by atoms with van der Waals surface area (Å²) in [5.41, 5.74) is 1.26. The van der Waals surface area contributed by atoms with Gasteiger partial charge >= 0.3 is 6.09 Å². The number of carbonyl (C=O) groups excluding carboxylic acids is 1. The Bertz CT molecular complexity index is 595. The maximum atomic E-state index is 12.0. The number of hydrogen-bond acceptors (Lipinski definition) is 4. The van der Waals surface area contributed by atoms with Crippen LogP contribution < -0.4 is 10.6 Å². The molecule has 1 unspecified atom stereocenters. The van der Waals surface area contributed by atoms with Gasteiger partial charge in [-0.3, -0.25) is 0 Å². The maximum absolute atomic E-state index is 12.0. The van der Waals surface area contributed by atoms with Gasteiger partial charge in [-0.2, -0.15) is 5.26 Å². The largest absolute Gasteiger partial charge is 0.444 e. The Morgan fingerprint density at radius 3 is 2.75 bits per heavy atom. The van der Waals surface area contributed by atoms with Crippen molar-refractivity contribution in [3.63, 3.8) is 0 Å². The average molecular weight is 329 g/mol. The van der Waals surface area contributed by atoms with E-state index < -0.39 is 11.7 Å². The van der Waals surface area contributed by atoms with E-state index in [0.717, 1.165) is 31.5 Å². The second kappa shape index (κ2) is 8.16. The number of rotatable bonds is 4. The first-order valence-corrected chi connectivity index (χ1v) is 8.56. The van der Waals surface area contributed by atoms with Gasteiger partial charge in [0, 0.05) is 12.5 Å². The van der Waals surface area contributed by atoms with Crippen LogP contribution in [-0.4, -0.2) is 31.3 Å². The van der Waals surface area contributed by atoms with Crippen molar-refractivity contribution in [1.29, 1.82) is 5.26 Å². The van der Waals surface area contributed by atoms with E-state index in [1.165, 1.54) is 0 Å². The number of hydrogen-bond donors (Lipinski definition) is 2. The molecule has 0 spiro atoms. The summed E-state index contributed by atoms with van der Waals surface area (Å²) >= 11 is 0. The van der Waals surface area contributed by atoms with Crippen LogP contribution in [-0.2, 0) is 4.74 Å². The van der Waals surface area contributed by atoms with Crippen LogP contribution in [0.15, 0.2) is 24.3 Å². The molecule has 1 atom stereocenters. The van der Waals surface area contributed by atoms with Crippen LogP contribution in [0, 0.1) is 17.2 Å². The van der Waals surface area contributed by atoms with Crippen molar-refractivity contribution in [1.82, 2.24) is 10.6 Å². The summed E-state index contributed by atoms with van der Waals surface area (Å²) in [5, 5.41) is 15.4. The molecule has 5 nitrogen and oxygen atoms in total. The van der Waals surface area contributed by atoms with Crippen molar-refractivity contribution in [2.75, 3.05) is 19.6 Å². The Morgan fingerprint density at radius 2 is 2.12 bits per heavy atom. The molecule has 1 amide bonds. The number of nitriles is 1. The summed E-state index contributed by atoms with van der Waals surface area (Å²) in [6.07, 6.45) is 1.74. The van der Waals surface area contributed by atoms with Crippen LogP contribution >= 0.6 is 0 Å². The zero-order valence-electron chi connectivity index (χ0n) is 14.8. The van der Waals surface area contributed by atoms with Gasteiger partial charge in [0.2, 0.25) is 0 Å². The Balaban J connectivity index is 2.11. The molecule has 1 aromatic rings. The third kappa shape index (κ3) is 5.54. The van der Waals surface area contributed by atoms with Crippen LogP contribution in [0.1, 0.15) is 50.7 Å². The molecule has 24 heavy (non-hydrogen) atoms. The predicted octanol–water partition coefficient (Wildman–Crippen LogP) is 3.17. The van der Waals surface area contributed by atoms with Gasteiger partial charge in [0.15, 0.2) is 0 Å². The average Bonchev–Trinajstić information content (AvgIpc) is 2.54. The number of ether oxygens (including phenoxy) is 1. The number of piperidine rings is 1. The highest BCUT2D eigenvalue weighted by Gasteiger charge is 2.26. The molecule has 1 fully saturated rings. The third-order valence-electron chi connectivity index (χ3n) is 4.26. The number of benzene rings is 1. The number of carbonyl (C=O) groups is 1. The fourth-order valence-electron chi connectivity index (χ4n) is 3.15. The van der Waals surface area contributed by atoms with Crippen molar-refractivity contribution >= 4 is 6.09 Å². The SMILES string of the molecule is CC(C)(C)OC(=O)NCC(c1cccc(C#N)c1)C1CCNCC1. The van der Waals surface area contributed by atoms with E-state index >= 15 is 0 Å². The lowest BCUT2D eigenvalue weighted by Crippen LogP contribution is -2.38. The van der Waals surface area contributed by atoms with E-state index in [2.05, 4.69) is 16.7 Å². The molecule has 0 aromatic heterocycles. The fraction of sp³-hybridized carbons (Fsp3) is 0.579. The summed E-state index contributed by atoms with van der Waals surface area (Å²) < 4.78 is 5.34. The monoisotopic (exact) mass is 329 g/mol. The zero-order chi connectivity index (χ0) is 17.6. The first-order valence-electron chi connectivity index (χ1n) is 8.56. The van der Waals surface area contributed by atoms with E-state index in [1.54, 1.807) is 0 Å². The number of alkyl carbamates (subject to hydrolysis) is 1. The highest BCUT2D eigenvalue weighted by Crippen LogP contribution is 2.31. The molecule has 130 valence electrons. The minimum Gasteiger partial charge on any atom is -0.444 e. The quantitative estimate of drug-likeness (QED) is 0.890. The zero-order valence-corrected chi connectivity index (χ0v) is 14.8. The van der Waals surface area contributed by atoms with Crippen LogP contribution in [0.2, 0.25) is 0 Å². The lowest BCUT2D eigenvalue weighted by molar-refractivity contribution is 0.0519. The van der Waals surface area contributed by atoms with Gasteiger partial charge in [-0.1, -0.05) is 12.1 Å². The number of nitrogens with one attached hydrogen (secondary N) is 2. The van der Waals surface area contributed by atoms with Gasteiger partial charge < -0.3 is 15.4 Å². The van der Waals surface area contributed by atoms with E-state index in [1.807, 2.05) is 45.0 Å². The molecule has 0 saturated carbocycles. The lowest BCUT2D eigenvalue weighted by Gasteiger charge is -2.31. The molecule has 0 bridgehead atoms. The molecule has 0 radical (unpaired) electrons. The Labute approximate surface area is 144 Å². The molecule has 0 aliphatic carbocycles. The standard InChI is InChI=1S/C19H27N3O2/c1-19(2,3)24-18(23)22-13-17(15-7-9-21-10-8-15)16-6-4-5-14(11-16)12-20/h4-6,11,15,17,21H,7-10,13H2,1-3H3,(H,22,23). The minimum absolute atomic E-state index is 0.188. The summed E-state index contributed by atoms with van der Waals surface area (Å²) in [7, 11) is 0. The van der Waals surface area contributed by atoms with E-state index in [4.69, 9.17) is 10.00 Å². The molecule has 1 aliphatic heterocycles. The second-order valence-electron chi connectivity index (χ2n) is 7.31. The van der Waals surface area contributed by atoms with Gasteiger partial charge in [0.25, 0.3) is 0 Å². The minimum atomic E-state index is -0.505. The van der Waals surface area contributed by atoms with E-state index in [0.29, 0.717) is 18.0 Å². The van der Waals surface area contributed by atoms with E-state index in [9.17, 15) is 4.79 Å². The Kier molecular flexibility index (Phi) is 6.22. The molecular formula is C19H27N3O2. The van der Waals surface area contributed by atoms with E-state index in [-0.39, 0.29) is 5.92 Å². The van der Waals surface area contributed by atoms with Crippen LogP contribution in [0.25, 0.3) is 0 Å². The first-order chi connectivity index (χ1) is 11.4. The molecule has 1 aromatic carbocycles. The lowest BCUT2D eigenvalue weighted by atomic mass is 9.80. The van der Waals surface area contributed by atoms with Gasteiger partial charge in [0.1, 0.15) is 5.60 Å².